The highest BCUT2D eigenvalue weighted by molar-refractivity contribution is 6.33. The molecule has 0 N–H and O–H groups in total. The van der Waals surface area contributed by atoms with E-state index in [0.29, 0.717) is 17.0 Å². The van der Waals surface area contributed by atoms with Gasteiger partial charge in [0.2, 0.25) is 5.95 Å². The van der Waals surface area contributed by atoms with Crippen LogP contribution in [0.25, 0.3) is 11.3 Å². The van der Waals surface area contributed by atoms with Crippen molar-refractivity contribution >= 4 is 40.8 Å². The van der Waals surface area contributed by atoms with Gasteiger partial charge in [0, 0.05) is 56.1 Å². The number of anilines is 3. The number of hydrogen-bond acceptors (Lipinski definition) is 6. The summed E-state index contributed by atoms with van der Waals surface area (Å²) in [5.74, 6) is 1.93. The van der Waals surface area contributed by atoms with Crippen LogP contribution in [0.2, 0.25) is 10.0 Å². The van der Waals surface area contributed by atoms with Gasteiger partial charge in [-0.15, -0.1) is 0 Å². The van der Waals surface area contributed by atoms with Crippen molar-refractivity contribution in [2.24, 2.45) is 0 Å². The zero-order valence-electron chi connectivity index (χ0n) is 19.3. The van der Waals surface area contributed by atoms with Gasteiger partial charge in [0.1, 0.15) is 17.5 Å². The van der Waals surface area contributed by atoms with E-state index in [1.54, 1.807) is 18.3 Å². The summed E-state index contributed by atoms with van der Waals surface area (Å²) in [6.45, 7) is 7.58. The normalized spacial score (nSPS) is 20.8. The zero-order chi connectivity index (χ0) is 23.8. The summed E-state index contributed by atoms with van der Waals surface area (Å²) in [6.07, 6.45) is 4.04. The summed E-state index contributed by atoms with van der Waals surface area (Å²) < 4.78 is 13.8. The maximum atomic E-state index is 13.8. The Bertz CT molecular complexity index is 1190. The number of hydrogen-bond donors (Lipinski definition) is 0. The van der Waals surface area contributed by atoms with Crippen LogP contribution in [0.3, 0.4) is 0 Å². The first-order valence-corrected chi connectivity index (χ1v) is 12.4. The van der Waals surface area contributed by atoms with E-state index in [-0.39, 0.29) is 11.1 Å². The molecule has 2 saturated heterocycles. The largest absolute Gasteiger partial charge is 0.354 e. The topological polar surface area (TPSA) is 48.4 Å². The molecule has 3 aromatic rings. The van der Waals surface area contributed by atoms with Crippen LogP contribution < -0.4 is 14.7 Å². The first kappa shape index (κ1) is 23.1. The lowest BCUT2D eigenvalue weighted by atomic mass is 10.1. The Balaban J connectivity index is 1.49. The lowest BCUT2D eigenvalue weighted by Gasteiger charge is -2.41. The summed E-state index contributed by atoms with van der Waals surface area (Å²) in [5, 5.41) is 0.739. The van der Waals surface area contributed by atoms with Crippen molar-refractivity contribution in [3.05, 3.63) is 58.5 Å². The molecule has 2 atom stereocenters. The van der Waals surface area contributed by atoms with Gasteiger partial charge in [-0.25, -0.2) is 14.4 Å². The molecule has 2 aromatic heterocycles. The lowest BCUT2D eigenvalue weighted by Crippen LogP contribution is -2.53. The number of rotatable bonds is 4. The van der Waals surface area contributed by atoms with E-state index in [0.717, 1.165) is 61.9 Å². The van der Waals surface area contributed by atoms with E-state index in [4.69, 9.17) is 33.2 Å². The number of nitrogens with zero attached hydrogens (tertiary/aromatic N) is 6. The SMILES string of the molecule is C[C@@H]1CCCN1c1cc(-c2ccc(F)c(Cl)c2)nc(N2CCN(c3ncccc3Cl)C[C@H]2C)n1. The maximum absolute atomic E-state index is 13.8. The average molecular weight is 501 g/mol. The average Bonchev–Trinajstić information content (AvgIpc) is 3.26. The molecule has 0 aliphatic carbocycles. The Hall–Kier alpha value is -2.64. The summed E-state index contributed by atoms with van der Waals surface area (Å²) >= 11 is 12.5. The first-order valence-electron chi connectivity index (χ1n) is 11.6. The van der Waals surface area contributed by atoms with Crippen LogP contribution in [-0.2, 0) is 0 Å². The number of piperazine rings is 1. The van der Waals surface area contributed by atoms with E-state index in [2.05, 4.69) is 33.5 Å². The van der Waals surface area contributed by atoms with Gasteiger partial charge in [-0.2, -0.15) is 4.98 Å². The van der Waals surface area contributed by atoms with E-state index in [9.17, 15) is 4.39 Å². The smallest absolute Gasteiger partial charge is 0.228 e. The quantitative estimate of drug-likeness (QED) is 0.458. The van der Waals surface area contributed by atoms with Gasteiger partial charge >= 0.3 is 0 Å². The van der Waals surface area contributed by atoms with E-state index < -0.39 is 5.82 Å². The van der Waals surface area contributed by atoms with Crippen LogP contribution in [0.15, 0.2) is 42.6 Å². The molecule has 0 bridgehead atoms. The third-order valence-corrected chi connectivity index (χ3v) is 7.27. The third-order valence-electron chi connectivity index (χ3n) is 6.69. The fraction of sp³-hybridized carbons (Fsp3) is 0.400. The standard InChI is InChI=1S/C25H27Cl2FN6/c1-16-5-4-10-33(16)23-14-22(18-7-8-21(28)20(27)13-18)30-25(31-23)34-12-11-32(15-17(34)2)24-19(26)6-3-9-29-24/h3,6-9,13-14,16-17H,4-5,10-12,15H2,1-2H3/t16-,17-/m1/s1. The molecule has 0 spiro atoms. The molecule has 1 aromatic carbocycles. The number of halogens is 3. The van der Waals surface area contributed by atoms with Crippen LogP contribution in [0.4, 0.5) is 22.0 Å². The molecule has 9 heteroatoms. The van der Waals surface area contributed by atoms with Crippen LogP contribution in [0, 0.1) is 5.82 Å². The summed E-state index contributed by atoms with van der Waals surface area (Å²) in [4.78, 5) is 21.1. The fourth-order valence-corrected chi connectivity index (χ4v) is 5.25. The van der Waals surface area contributed by atoms with Crippen LogP contribution in [-0.4, -0.2) is 53.2 Å². The minimum atomic E-state index is -0.439. The second kappa shape index (κ2) is 9.55. The van der Waals surface area contributed by atoms with Gasteiger partial charge < -0.3 is 14.7 Å². The van der Waals surface area contributed by atoms with E-state index >= 15 is 0 Å². The molecule has 0 saturated carbocycles. The van der Waals surface area contributed by atoms with Crippen molar-refractivity contribution in [3.8, 4) is 11.3 Å². The van der Waals surface area contributed by atoms with Gasteiger partial charge in [0.25, 0.3) is 0 Å². The predicted octanol–water partition coefficient (Wildman–Crippen LogP) is 5.69. The second-order valence-electron chi connectivity index (χ2n) is 9.02. The highest BCUT2D eigenvalue weighted by Crippen LogP contribution is 2.32. The van der Waals surface area contributed by atoms with Crippen LogP contribution >= 0.6 is 23.2 Å². The highest BCUT2D eigenvalue weighted by atomic mass is 35.5. The van der Waals surface area contributed by atoms with Crippen molar-refractivity contribution in [1.29, 1.82) is 0 Å². The van der Waals surface area contributed by atoms with Gasteiger partial charge in [0.05, 0.1) is 15.7 Å². The third kappa shape index (κ3) is 4.51. The Morgan fingerprint density at radius 3 is 2.50 bits per heavy atom. The molecule has 2 aliphatic rings. The van der Waals surface area contributed by atoms with Gasteiger partial charge in [-0.05, 0) is 57.0 Å². The minimum Gasteiger partial charge on any atom is -0.354 e. The molecule has 0 radical (unpaired) electrons. The summed E-state index contributed by atoms with van der Waals surface area (Å²) in [5.41, 5.74) is 1.51. The molecular weight excluding hydrogens is 474 g/mol. The number of aromatic nitrogens is 3. The maximum Gasteiger partial charge on any atom is 0.228 e. The molecule has 0 amide bonds. The van der Waals surface area contributed by atoms with Gasteiger partial charge in [-0.1, -0.05) is 23.2 Å². The second-order valence-corrected chi connectivity index (χ2v) is 9.84. The van der Waals surface area contributed by atoms with Crippen LogP contribution in [0.5, 0.6) is 0 Å². The fourth-order valence-electron chi connectivity index (χ4n) is 4.83. The van der Waals surface area contributed by atoms with Gasteiger partial charge in [-0.3, -0.25) is 0 Å². The Kier molecular flexibility index (Phi) is 6.49. The molecule has 4 heterocycles. The molecule has 34 heavy (non-hydrogen) atoms. The Morgan fingerprint density at radius 2 is 1.79 bits per heavy atom. The number of pyridine rings is 1. The van der Waals surface area contributed by atoms with E-state index in [1.165, 1.54) is 6.07 Å². The van der Waals surface area contributed by atoms with Gasteiger partial charge in [0.15, 0.2) is 0 Å². The molecule has 5 rings (SSSR count). The van der Waals surface area contributed by atoms with Crippen molar-refractivity contribution < 1.29 is 4.39 Å². The molecule has 2 fully saturated rings. The molecule has 178 valence electrons. The minimum absolute atomic E-state index is 0.0861. The van der Waals surface area contributed by atoms with Crippen LogP contribution in [0.1, 0.15) is 26.7 Å². The molecule has 6 nitrogen and oxygen atoms in total. The summed E-state index contributed by atoms with van der Waals surface area (Å²) in [6, 6.07) is 11.0. The predicted molar refractivity (Wildman–Crippen MR) is 137 cm³/mol. The van der Waals surface area contributed by atoms with E-state index in [1.807, 2.05) is 18.2 Å². The monoisotopic (exact) mass is 500 g/mol. The molecule has 2 aliphatic heterocycles. The van der Waals surface area contributed by atoms with Crippen molar-refractivity contribution in [2.45, 2.75) is 38.8 Å². The highest BCUT2D eigenvalue weighted by Gasteiger charge is 2.29. The molecular formula is C25H27Cl2FN6. The first-order chi connectivity index (χ1) is 16.4. The Morgan fingerprint density at radius 1 is 0.941 bits per heavy atom. The van der Waals surface area contributed by atoms with Crippen molar-refractivity contribution in [3.63, 3.8) is 0 Å². The van der Waals surface area contributed by atoms with Crippen molar-refractivity contribution in [2.75, 3.05) is 40.9 Å². The van der Waals surface area contributed by atoms with Crippen molar-refractivity contribution in [1.82, 2.24) is 15.0 Å². The zero-order valence-corrected chi connectivity index (χ0v) is 20.8. The Labute approximate surface area is 209 Å². The number of benzene rings is 1. The molecule has 0 unspecified atom stereocenters. The summed E-state index contributed by atoms with van der Waals surface area (Å²) in [7, 11) is 0. The lowest BCUT2D eigenvalue weighted by molar-refractivity contribution is 0.537.